The van der Waals surface area contributed by atoms with Crippen LogP contribution in [-0.2, 0) is 0 Å². The lowest BCUT2D eigenvalue weighted by molar-refractivity contribution is 0.102. The predicted molar refractivity (Wildman–Crippen MR) is 100 cm³/mol. The zero-order valence-electron chi connectivity index (χ0n) is 14.7. The molecule has 0 saturated carbocycles. The van der Waals surface area contributed by atoms with E-state index in [0.29, 0.717) is 28.6 Å². The summed E-state index contributed by atoms with van der Waals surface area (Å²) in [5.41, 5.74) is 2.32. The van der Waals surface area contributed by atoms with Crippen LogP contribution in [0, 0.1) is 6.92 Å². The average molecular weight is 360 g/mol. The number of fused-ring (bicyclic) bond motifs is 1. The number of tetrazole rings is 1. The van der Waals surface area contributed by atoms with Gasteiger partial charge in [-0.3, -0.25) is 4.79 Å². The predicted octanol–water partition coefficient (Wildman–Crippen LogP) is 2.78. The van der Waals surface area contributed by atoms with E-state index in [2.05, 4.69) is 25.8 Å². The van der Waals surface area contributed by atoms with Crippen LogP contribution in [0.5, 0.6) is 5.75 Å². The van der Waals surface area contributed by atoms with Crippen LogP contribution in [0.3, 0.4) is 0 Å². The molecule has 2 aromatic carbocycles. The van der Waals surface area contributed by atoms with Crippen molar-refractivity contribution < 1.29 is 9.53 Å². The van der Waals surface area contributed by atoms with E-state index in [1.807, 2.05) is 30.3 Å². The Morgan fingerprint density at radius 3 is 2.74 bits per heavy atom. The van der Waals surface area contributed by atoms with Gasteiger partial charge in [-0.1, -0.05) is 24.3 Å². The summed E-state index contributed by atoms with van der Waals surface area (Å²) in [5, 5.41) is 15.3. The number of para-hydroxylation sites is 1. The van der Waals surface area contributed by atoms with Crippen molar-refractivity contribution in [1.82, 2.24) is 25.2 Å². The summed E-state index contributed by atoms with van der Waals surface area (Å²) in [6, 6.07) is 16.5. The van der Waals surface area contributed by atoms with Gasteiger partial charge in [0.15, 0.2) is 5.82 Å². The van der Waals surface area contributed by atoms with E-state index in [-0.39, 0.29) is 5.91 Å². The number of ether oxygens (including phenoxy) is 1. The standard InChI is InChI=1S/C19H16N6O2/c1-12-22-23-24-25(12)17-11-14(8-10-18(17)27-2)20-19(26)16-9-7-13-5-3-4-6-15(13)21-16/h3-11H,1-2H3,(H,20,26). The molecule has 2 aromatic heterocycles. The molecular formula is C19H16N6O2. The molecule has 0 aliphatic carbocycles. The molecular weight excluding hydrogens is 344 g/mol. The second-order valence-corrected chi connectivity index (χ2v) is 5.87. The van der Waals surface area contributed by atoms with Gasteiger partial charge >= 0.3 is 0 Å². The van der Waals surface area contributed by atoms with Gasteiger partial charge in [0.05, 0.1) is 12.6 Å². The summed E-state index contributed by atoms with van der Waals surface area (Å²) in [4.78, 5) is 17.0. The quantitative estimate of drug-likeness (QED) is 0.601. The number of hydrogen-bond donors (Lipinski definition) is 1. The summed E-state index contributed by atoms with van der Waals surface area (Å²) in [6.45, 7) is 1.78. The molecule has 27 heavy (non-hydrogen) atoms. The molecule has 4 rings (SSSR count). The Kier molecular flexibility index (Phi) is 4.21. The van der Waals surface area contributed by atoms with Crippen LogP contribution in [0.15, 0.2) is 54.6 Å². The number of amides is 1. The van der Waals surface area contributed by atoms with Crippen LogP contribution in [0.1, 0.15) is 16.3 Å². The van der Waals surface area contributed by atoms with Crippen molar-refractivity contribution in [3.8, 4) is 11.4 Å². The maximum Gasteiger partial charge on any atom is 0.274 e. The minimum atomic E-state index is -0.301. The van der Waals surface area contributed by atoms with Crippen molar-refractivity contribution in [3.05, 3.63) is 66.1 Å². The van der Waals surface area contributed by atoms with E-state index < -0.39 is 0 Å². The van der Waals surface area contributed by atoms with Crippen molar-refractivity contribution in [2.45, 2.75) is 6.92 Å². The first-order valence-corrected chi connectivity index (χ1v) is 8.26. The van der Waals surface area contributed by atoms with Crippen LogP contribution >= 0.6 is 0 Å². The Hall–Kier alpha value is -3.81. The molecule has 8 heteroatoms. The summed E-state index contributed by atoms with van der Waals surface area (Å²) < 4.78 is 6.92. The Labute approximate surface area is 154 Å². The van der Waals surface area contributed by atoms with Crippen molar-refractivity contribution in [2.24, 2.45) is 0 Å². The van der Waals surface area contributed by atoms with Crippen molar-refractivity contribution in [1.29, 1.82) is 0 Å². The number of methoxy groups -OCH3 is 1. The number of aromatic nitrogens is 5. The number of pyridine rings is 1. The lowest BCUT2D eigenvalue weighted by atomic mass is 10.2. The molecule has 0 fully saturated rings. The monoisotopic (exact) mass is 360 g/mol. The number of carbonyl (C=O) groups excluding carboxylic acids is 1. The van der Waals surface area contributed by atoms with E-state index in [1.54, 1.807) is 43.0 Å². The van der Waals surface area contributed by atoms with Gasteiger partial charge in [-0.2, -0.15) is 4.68 Å². The van der Waals surface area contributed by atoms with Crippen molar-refractivity contribution in [3.63, 3.8) is 0 Å². The van der Waals surface area contributed by atoms with Crippen LogP contribution in [0.25, 0.3) is 16.6 Å². The third-order valence-electron chi connectivity index (χ3n) is 4.12. The Morgan fingerprint density at radius 2 is 1.96 bits per heavy atom. The summed E-state index contributed by atoms with van der Waals surface area (Å²) in [5.74, 6) is 0.894. The molecule has 134 valence electrons. The fourth-order valence-corrected chi connectivity index (χ4v) is 2.78. The third kappa shape index (κ3) is 3.20. The van der Waals surface area contributed by atoms with Gasteiger partial charge in [0.2, 0.25) is 0 Å². The Bertz CT molecular complexity index is 1140. The molecule has 0 saturated heterocycles. The number of nitrogens with zero attached hydrogens (tertiary/aromatic N) is 5. The van der Waals surface area contributed by atoms with Gasteiger partial charge in [-0.25, -0.2) is 4.98 Å². The summed E-state index contributed by atoms with van der Waals surface area (Å²) >= 11 is 0. The van der Waals surface area contributed by atoms with Crippen LogP contribution in [0.2, 0.25) is 0 Å². The second kappa shape index (κ2) is 6.83. The van der Waals surface area contributed by atoms with Gasteiger partial charge in [0.25, 0.3) is 5.91 Å². The maximum atomic E-state index is 12.6. The first-order chi connectivity index (χ1) is 13.2. The SMILES string of the molecule is COc1ccc(NC(=O)c2ccc3ccccc3n2)cc1-n1nnnc1C. The first kappa shape index (κ1) is 16.6. The number of carbonyl (C=O) groups is 1. The topological polar surface area (TPSA) is 94.8 Å². The molecule has 0 spiro atoms. The minimum absolute atomic E-state index is 0.301. The van der Waals surface area contributed by atoms with Crippen LogP contribution < -0.4 is 10.1 Å². The third-order valence-corrected chi connectivity index (χ3v) is 4.12. The lowest BCUT2D eigenvalue weighted by Gasteiger charge is -2.12. The number of benzene rings is 2. The molecule has 0 atom stereocenters. The highest BCUT2D eigenvalue weighted by molar-refractivity contribution is 6.04. The molecule has 0 aliphatic rings. The largest absolute Gasteiger partial charge is 0.494 e. The van der Waals surface area contributed by atoms with Crippen LogP contribution in [-0.4, -0.2) is 38.2 Å². The summed E-state index contributed by atoms with van der Waals surface area (Å²) in [6.07, 6.45) is 0. The Balaban J connectivity index is 1.65. The van der Waals surface area contributed by atoms with Gasteiger partial charge in [-0.15, -0.1) is 5.10 Å². The lowest BCUT2D eigenvalue weighted by Crippen LogP contribution is -2.14. The highest BCUT2D eigenvalue weighted by Gasteiger charge is 2.14. The molecule has 4 aromatic rings. The van der Waals surface area contributed by atoms with E-state index in [0.717, 1.165) is 10.9 Å². The molecule has 8 nitrogen and oxygen atoms in total. The van der Waals surface area contributed by atoms with Gasteiger partial charge in [0.1, 0.15) is 17.1 Å². The number of anilines is 1. The Morgan fingerprint density at radius 1 is 1.11 bits per heavy atom. The molecule has 1 amide bonds. The number of aryl methyl sites for hydroxylation is 1. The fourth-order valence-electron chi connectivity index (χ4n) is 2.78. The molecule has 0 unspecified atom stereocenters. The first-order valence-electron chi connectivity index (χ1n) is 8.26. The van der Waals surface area contributed by atoms with Crippen molar-refractivity contribution >= 4 is 22.5 Å². The molecule has 0 radical (unpaired) electrons. The molecule has 2 heterocycles. The van der Waals surface area contributed by atoms with E-state index >= 15 is 0 Å². The number of rotatable bonds is 4. The van der Waals surface area contributed by atoms with E-state index in [1.165, 1.54) is 0 Å². The van der Waals surface area contributed by atoms with Crippen LogP contribution in [0.4, 0.5) is 5.69 Å². The van der Waals surface area contributed by atoms with Gasteiger partial charge in [-0.05, 0) is 47.7 Å². The maximum absolute atomic E-state index is 12.6. The molecule has 0 aliphatic heterocycles. The highest BCUT2D eigenvalue weighted by Crippen LogP contribution is 2.26. The zero-order valence-corrected chi connectivity index (χ0v) is 14.7. The summed E-state index contributed by atoms with van der Waals surface area (Å²) in [7, 11) is 1.57. The molecule has 0 bridgehead atoms. The van der Waals surface area contributed by atoms with E-state index in [4.69, 9.17) is 4.74 Å². The van der Waals surface area contributed by atoms with Crippen molar-refractivity contribution in [2.75, 3.05) is 12.4 Å². The number of hydrogen-bond acceptors (Lipinski definition) is 6. The van der Waals surface area contributed by atoms with Gasteiger partial charge < -0.3 is 10.1 Å². The average Bonchev–Trinajstić information content (AvgIpc) is 3.13. The van der Waals surface area contributed by atoms with Gasteiger partial charge in [0, 0.05) is 11.1 Å². The normalized spacial score (nSPS) is 10.7. The van der Waals surface area contributed by atoms with E-state index in [9.17, 15) is 4.79 Å². The smallest absolute Gasteiger partial charge is 0.274 e. The zero-order chi connectivity index (χ0) is 18.8. The molecule has 1 N–H and O–H groups in total. The number of nitrogens with one attached hydrogen (secondary N) is 1. The fraction of sp³-hybridized carbons (Fsp3) is 0.105. The second-order valence-electron chi connectivity index (χ2n) is 5.87. The highest BCUT2D eigenvalue weighted by atomic mass is 16.5. The minimum Gasteiger partial charge on any atom is -0.494 e.